The van der Waals surface area contributed by atoms with Crippen LogP contribution in [0.25, 0.3) is 5.57 Å². The van der Waals surface area contributed by atoms with Crippen molar-refractivity contribution in [3.63, 3.8) is 0 Å². The lowest BCUT2D eigenvalue weighted by atomic mass is 10.1. The number of hydrogen-bond acceptors (Lipinski definition) is 3. The molecule has 0 heterocycles. The van der Waals surface area contributed by atoms with Crippen LogP contribution < -0.4 is 0 Å². The highest BCUT2D eigenvalue weighted by molar-refractivity contribution is 6.15. The topological polar surface area (TPSA) is 62.0 Å². The van der Waals surface area contributed by atoms with Gasteiger partial charge >= 0.3 is 5.97 Å². The van der Waals surface area contributed by atoms with Crippen LogP contribution in [0.4, 0.5) is 5.69 Å². The van der Waals surface area contributed by atoms with E-state index in [1.165, 1.54) is 6.20 Å². The van der Waals surface area contributed by atoms with Gasteiger partial charge in [0.05, 0.1) is 17.5 Å². The quantitative estimate of drug-likeness (QED) is 0.662. The molecule has 0 atom stereocenters. The summed E-state index contributed by atoms with van der Waals surface area (Å²) in [5.41, 5.74) is 1.39. The maximum atomic E-state index is 11.2. The SMILES string of the molecule is O=C(O)C(=CN=Nc1ccccc1)c1ccccc1. The predicted octanol–water partition coefficient (Wildman–Crippen LogP) is 3.90. The summed E-state index contributed by atoms with van der Waals surface area (Å²) in [6.07, 6.45) is 1.25. The van der Waals surface area contributed by atoms with E-state index in [1.54, 1.807) is 36.4 Å². The Kier molecular flexibility index (Phi) is 4.18. The summed E-state index contributed by atoms with van der Waals surface area (Å²) in [5, 5.41) is 16.9. The number of carbonyl (C=O) groups is 1. The molecular weight excluding hydrogens is 240 g/mol. The Hall–Kier alpha value is -2.75. The van der Waals surface area contributed by atoms with Gasteiger partial charge in [-0.05, 0) is 17.7 Å². The van der Waals surface area contributed by atoms with E-state index in [2.05, 4.69) is 10.2 Å². The van der Waals surface area contributed by atoms with Crippen molar-refractivity contribution in [2.24, 2.45) is 10.2 Å². The highest BCUT2D eigenvalue weighted by atomic mass is 16.4. The second kappa shape index (κ2) is 6.26. The summed E-state index contributed by atoms with van der Waals surface area (Å²) in [6, 6.07) is 18.0. The van der Waals surface area contributed by atoms with Gasteiger partial charge in [0.1, 0.15) is 0 Å². The average Bonchev–Trinajstić information content (AvgIpc) is 2.45. The minimum absolute atomic E-state index is 0.111. The number of carboxylic acids is 1. The first-order valence-electron chi connectivity index (χ1n) is 5.72. The molecule has 0 radical (unpaired) electrons. The number of hydrogen-bond donors (Lipinski definition) is 1. The van der Waals surface area contributed by atoms with E-state index in [4.69, 9.17) is 5.11 Å². The smallest absolute Gasteiger partial charge is 0.337 e. The van der Waals surface area contributed by atoms with Crippen molar-refractivity contribution in [1.82, 2.24) is 0 Å². The fourth-order valence-electron chi connectivity index (χ4n) is 1.52. The second-order valence-electron chi connectivity index (χ2n) is 3.76. The first kappa shape index (κ1) is 12.7. The molecule has 2 aromatic carbocycles. The van der Waals surface area contributed by atoms with Crippen LogP contribution in [0.2, 0.25) is 0 Å². The molecular formula is C15H12N2O2. The van der Waals surface area contributed by atoms with Gasteiger partial charge in [-0.25, -0.2) is 4.79 Å². The number of benzene rings is 2. The summed E-state index contributed by atoms with van der Waals surface area (Å²) in [4.78, 5) is 11.2. The van der Waals surface area contributed by atoms with Gasteiger partial charge in [0, 0.05) is 0 Å². The zero-order chi connectivity index (χ0) is 13.5. The van der Waals surface area contributed by atoms with Crippen molar-refractivity contribution >= 4 is 17.2 Å². The monoisotopic (exact) mass is 252 g/mol. The van der Waals surface area contributed by atoms with Crippen molar-refractivity contribution in [3.8, 4) is 0 Å². The Morgan fingerprint density at radius 3 is 2.11 bits per heavy atom. The van der Waals surface area contributed by atoms with Crippen LogP contribution in [-0.2, 0) is 4.79 Å². The van der Waals surface area contributed by atoms with Gasteiger partial charge in [0.15, 0.2) is 0 Å². The molecule has 0 saturated carbocycles. The average molecular weight is 252 g/mol. The summed E-state index contributed by atoms with van der Waals surface area (Å²) >= 11 is 0. The van der Waals surface area contributed by atoms with Crippen LogP contribution in [0.5, 0.6) is 0 Å². The van der Waals surface area contributed by atoms with Crippen LogP contribution in [0.1, 0.15) is 5.56 Å². The fourth-order valence-corrected chi connectivity index (χ4v) is 1.52. The molecule has 0 aromatic heterocycles. The van der Waals surface area contributed by atoms with Crippen LogP contribution in [-0.4, -0.2) is 11.1 Å². The molecule has 4 heteroatoms. The van der Waals surface area contributed by atoms with Gasteiger partial charge in [0.2, 0.25) is 0 Å². The third kappa shape index (κ3) is 3.61. The Balaban J connectivity index is 2.24. The zero-order valence-corrected chi connectivity index (χ0v) is 10.1. The maximum absolute atomic E-state index is 11.2. The zero-order valence-electron chi connectivity index (χ0n) is 10.1. The van der Waals surface area contributed by atoms with E-state index in [1.807, 2.05) is 24.3 Å². The summed E-state index contributed by atoms with van der Waals surface area (Å²) in [7, 11) is 0. The van der Waals surface area contributed by atoms with Crippen LogP contribution in [0.3, 0.4) is 0 Å². The minimum atomic E-state index is -1.03. The molecule has 0 aliphatic carbocycles. The van der Waals surface area contributed by atoms with Crippen molar-refractivity contribution in [3.05, 3.63) is 72.4 Å². The predicted molar refractivity (Wildman–Crippen MR) is 73.0 cm³/mol. The molecule has 0 aliphatic rings. The van der Waals surface area contributed by atoms with Gasteiger partial charge in [-0.15, -0.1) is 0 Å². The number of nitrogens with zero attached hydrogens (tertiary/aromatic N) is 2. The van der Waals surface area contributed by atoms with Gasteiger partial charge in [-0.2, -0.15) is 10.2 Å². The van der Waals surface area contributed by atoms with Crippen molar-refractivity contribution in [2.45, 2.75) is 0 Å². The first-order chi connectivity index (χ1) is 9.27. The van der Waals surface area contributed by atoms with Gasteiger partial charge in [-0.3, -0.25) is 0 Å². The lowest BCUT2D eigenvalue weighted by molar-refractivity contribution is -0.130. The number of rotatable bonds is 4. The van der Waals surface area contributed by atoms with Gasteiger partial charge < -0.3 is 5.11 Å². The maximum Gasteiger partial charge on any atom is 0.337 e. The molecule has 0 saturated heterocycles. The van der Waals surface area contributed by atoms with E-state index in [0.29, 0.717) is 11.3 Å². The second-order valence-corrected chi connectivity index (χ2v) is 3.76. The van der Waals surface area contributed by atoms with Crippen LogP contribution in [0, 0.1) is 0 Å². The molecule has 0 aliphatic heterocycles. The Morgan fingerprint density at radius 2 is 1.53 bits per heavy atom. The normalized spacial score (nSPS) is 11.7. The van der Waals surface area contributed by atoms with Crippen molar-refractivity contribution in [1.29, 1.82) is 0 Å². The lowest BCUT2D eigenvalue weighted by Crippen LogP contribution is -1.98. The molecule has 2 aromatic rings. The highest BCUT2D eigenvalue weighted by Gasteiger charge is 2.08. The molecule has 0 spiro atoms. The summed E-state index contributed by atoms with van der Waals surface area (Å²) in [6.45, 7) is 0. The van der Waals surface area contributed by atoms with E-state index in [9.17, 15) is 4.79 Å². The number of azo groups is 1. The van der Waals surface area contributed by atoms with E-state index in [0.717, 1.165) is 0 Å². The molecule has 0 amide bonds. The fraction of sp³-hybridized carbons (Fsp3) is 0. The standard InChI is InChI=1S/C15H12N2O2/c18-15(19)14(12-7-3-1-4-8-12)11-16-17-13-9-5-2-6-10-13/h1-11H,(H,18,19). The Morgan fingerprint density at radius 1 is 0.947 bits per heavy atom. The number of carboxylic acid groups (broad SMARTS) is 1. The Labute approximate surface area is 110 Å². The molecule has 2 rings (SSSR count). The molecule has 4 nitrogen and oxygen atoms in total. The number of aliphatic carboxylic acids is 1. The molecule has 0 unspecified atom stereocenters. The lowest BCUT2D eigenvalue weighted by Gasteiger charge is -1.99. The molecule has 1 N–H and O–H groups in total. The third-order valence-electron chi connectivity index (χ3n) is 2.43. The van der Waals surface area contributed by atoms with Crippen molar-refractivity contribution < 1.29 is 9.90 Å². The van der Waals surface area contributed by atoms with Crippen molar-refractivity contribution in [2.75, 3.05) is 0 Å². The highest BCUT2D eigenvalue weighted by Crippen LogP contribution is 2.16. The first-order valence-corrected chi connectivity index (χ1v) is 5.72. The van der Waals surface area contributed by atoms with Gasteiger partial charge in [-0.1, -0.05) is 48.5 Å². The Bertz CT molecular complexity index is 605. The molecule has 19 heavy (non-hydrogen) atoms. The van der Waals surface area contributed by atoms with E-state index >= 15 is 0 Å². The molecule has 0 bridgehead atoms. The van der Waals surface area contributed by atoms with E-state index < -0.39 is 5.97 Å². The largest absolute Gasteiger partial charge is 0.478 e. The summed E-state index contributed by atoms with van der Waals surface area (Å²) < 4.78 is 0. The third-order valence-corrected chi connectivity index (χ3v) is 2.43. The van der Waals surface area contributed by atoms with E-state index in [-0.39, 0.29) is 5.57 Å². The minimum Gasteiger partial charge on any atom is -0.478 e. The van der Waals surface area contributed by atoms with Gasteiger partial charge in [0.25, 0.3) is 0 Å². The summed E-state index contributed by atoms with van der Waals surface area (Å²) in [5.74, 6) is -1.03. The molecule has 94 valence electrons. The van der Waals surface area contributed by atoms with Crippen LogP contribution >= 0.6 is 0 Å². The van der Waals surface area contributed by atoms with Crippen LogP contribution in [0.15, 0.2) is 77.1 Å². The molecule has 0 fully saturated rings.